The van der Waals surface area contributed by atoms with Crippen LogP contribution in [0.3, 0.4) is 0 Å². The highest BCUT2D eigenvalue weighted by molar-refractivity contribution is 5.92. The lowest BCUT2D eigenvalue weighted by molar-refractivity contribution is 0.0697. The van der Waals surface area contributed by atoms with Gasteiger partial charge in [0.1, 0.15) is 11.5 Å². The lowest BCUT2D eigenvalue weighted by Crippen LogP contribution is -2.40. The standard InChI is InChI=1S/C21H24N4O/c1-15(2)25-19-11-4-3-9-17(19)23-20(25)16-8-7-13-24(14-16)21(26)18-10-5-6-12-22-18/h3-6,9-12,15-16H,7-8,13-14H2,1-2H3/t16-/m0/s1. The lowest BCUT2D eigenvalue weighted by atomic mass is 9.96. The summed E-state index contributed by atoms with van der Waals surface area (Å²) in [7, 11) is 0. The van der Waals surface area contributed by atoms with Crippen molar-refractivity contribution in [3.05, 3.63) is 60.2 Å². The molecule has 4 rings (SSSR count). The first-order valence-corrected chi connectivity index (χ1v) is 9.32. The Bertz CT molecular complexity index is 916. The highest BCUT2D eigenvalue weighted by atomic mass is 16.2. The van der Waals surface area contributed by atoms with Crippen molar-refractivity contribution in [2.24, 2.45) is 0 Å². The van der Waals surface area contributed by atoms with Gasteiger partial charge < -0.3 is 9.47 Å². The van der Waals surface area contributed by atoms with Gasteiger partial charge in [-0.25, -0.2) is 4.98 Å². The summed E-state index contributed by atoms with van der Waals surface area (Å²) in [6, 6.07) is 14.1. The Morgan fingerprint density at radius 1 is 1.15 bits per heavy atom. The molecule has 1 aliphatic rings. The number of rotatable bonds is 3. The summed E-state index contributed by atoms with van der Waals surface area (Å²) < 4.78 is 2.33. The third-order valence-electron chi connectivity index (χ3n) is 5.10. The maximum Gasteiger partial charge on any atom is 0.272 e. The van der Waals surface area contributed by atoms with Gasteiger partial charge in [0.05, 0.1) is 11.0 Å². The first-order chi connectivity index (χ1) is 12.6. The number of carbonyl (C=O) groups excluding carboxylic acids is 1. The van der Waals surface area contributed by atoms with Crippen LogP contribution >= 0.6 is 0 Å². The summed E-state index contributed by atoms with van der Waals surface area (Å²) in [5.41, 5.74) is 2.72. The van der Waals surface area contributed by atoms with Gasteiger partial charge >= 0.3 is 0 Å². The van der Waals surface area contributed by atoms with Crippen molar-refractivity contribution >= 4 is 16.9 Å². The molecule has 1 saturated heterocycles. The molecule has 1 aromatic carbocycles. The Hall–Kier alpha value is -2.69. The fraction of sp³-hybridized carbons (Fsp3) is 0.381. The largest absolute Gasteiger partial charge is 0.337 e. The summed E-state index contributed by atoms with van der Waals surface area (Å²) in [4.78, 5) is 23.9. The summed E-state index contributed by atoms with van der Waals surface area (Å²) in [6.07, 6.45) is 3.72. The normalized spacial score (nSPS) is 17.8. The van der Waals surface area contributed by atoms with Crippen LogP contribution in [0, 0.1) is 0 Å². The van der Waals surface area contributed by atoms with Crippen molar-refractivity contribution in [2.75, 3.05) is 13.1 Å². The second kappa shape index (κ2) is 6.90. The van der Waals surface area contributed by atoms with Crippen molar-refractivity contribution in [1.82, 2.24) is 19.4 Å². The van der Waals surface area contributed by atoms with Crippen molar-refractivity contribution in [2.45, 2.75) is 38.6 Å². The summed E-state index contributed by atoms with van der Waals surface area (Å²) in [5, 5.41) is 0. The van der Waals surface area contributed by atoms with Crippen LogP contribution in [0.15, 0.2) is 48.7 Å². The molecule has 0 saturated carbocycles. The number of hydrogen-bond acceptors (Lipinski definition) is 3. The minimum absolute atomic E-state index is 0.0162. The van der Waals surface area contributed by atoms with Gasteiger partial charge in [-0.1, -0.05) is 18.2 Å². The Morgan fingerprint density at radius 2 is 1.96 bits per heavy atom. The van der Waals surface area contributed by atoms with Crippen molar-refractivity contribution in [1.29, 1.82) is 0 Å². The summed E-state index contributed by atoms with van der Waals surface area (Å²) in [5.74, 6) is 1.37. The van der Waals surface area contributed by atoms with Gasteiger partial charge in [-0.05, 0) is 51.0 Å². The SMILES string of the molecule is CC(C)n1c([C@H]2CCCN(C(=O)c3ccccn3)C2)nc2ccccc21. The Balaban J connectivity index is 1.65. The van der Waals surface area contributed by atoms with Crippen LogP contribution in [0.1, 0.15) is 55.0 Å². The van der Waals surface area contributed by atoms with Crippen LogP contribution in [0.5, 0.6) is 0 Å². The van der Waals surface area contributed by atoms with E-state index in [0.29, 0.717) is 18.3 Å². The molecule has 1 amide bonds. The number of piperidine rings is 1. The van der Waals surface area contributed by atoms with Crippen LogP contribution in [-0.2, 0) is 0 Å². The first kappa shape index (κ1) is 16.8. The second-order valence-corrected chi connectivity index (χ2v) is 7.23. The number of aromatic nitrogens is 3. The molecule has 3 aromatic rings. The molecule has 0 bridgehead atoms. The Kier molecular flexibility index (Phi) is 4.45. The van der Waals surface area contributed by atoms with Crippen LogP contribution in [0.25, 0.3) is 11.0 Å². The molecule has 0 aliphatic carbocycles. The zero-order chi connectivity index (χ0) is 18.1. The van der Waals surface area contributed by atoms with Crippen molar-refractivity contribution < 1.29 is 4.79 Å². The molecule has 0 radical (unpaired) electrons. The fourth-order valence-electron chi connectivity index (χ4n) is 3.92. The molecule has 5 heteroatoms. The van der Waals surface area contributed by atoms with Gasteiger partial charge in [0.25, 0.3) is 5.91 Å². The predicted molar refractivity (Wildman–Crippen MR) is 102 cm³/mol. The zero-order valence-electron chi connectivity index (χ0n) is 15.3. The number of carbonyl (C=O) groups is 1. The van der Waals surface area contributed by atoms with E-state index in [9.17, 15) is 4.79 Å². The van der Waals surface area contributed by atoms with E-state index in [0.717, 1.165) is 30.7 Å². The maximum absolute atomic E-state index is 12.8. The number of benzene rings is 1. The van der Waals surface area contributed by atoms with E-state index < -0.39 is 0 Å². The average molecular weight is 348 g/mol. The smallest absolute Gasteiger partial charge is 0.272 e. The number of amides is 1. The fourth-order valence-corrected chi connectivity index (χ4v) is 3.92. The monoisotopic (exact) mass is 348 g/mol. The van der Waals surface area contributed by atoms with E-state index in [1.807, 2.05) is 23.1 Å². The lowest BCUT2D eigenvalue weighted by Gasteiger charge is -2.33. The Labute approximate surface area is 153 Å². The topological polar surface area (TPSA) is 51.0 Å². The molecule has 1 fully saturated rings. The van der Waals surface area contributed by atoms with E-state index in [-0.39, 0.29) is 11.8 Å². The molecule has 2 aromatic heterocycles. The highest BCUT2D eigenvalue weighted by Gasteiger charge is 2.29. The predicted octanol–water partition coefficient (Wildman–Crippen LogP) is 4.03. The van der Waals surface area contributed by atoms with E-state index in [1.54, 1.807) is 12.3 Å². The van der Waals surface area contributed by atoms with E-state index in [2.05, 4.69) is 41.6 Å². The minimum Gasteiger partial charge on any atom is -0.337 e. The number of fused-ring (bicyclic) bond motifs is 1. The molecular weight excluding hydrogens is 324 g/mol. The van der Waals surface area contributed by atoms with E-state index in [4.69, 9.17) is 4.98 Å². The van der Waals surface area contributed by atoms with Crippen LogP contribution in [0.4, 0.5) is 0 Å². The van der Waals surface area contributed by atoms with Crippen LogP contribution < -0.4 is 0 Å². The third kappa shape index (κ3) is 2.98. The molecule has 1 aliphatic heterocycles. The summed E-state index contributed by atoms with van der Waals surface area (Å²) >= 11 is 0. The number of hydrogen-bond donors (Lipinski definition) is 0. The van der Waals surface area contributed by atoms with Gasteiger partial charge in [-0.3, -0.25) is 9.78 Å². The number of likely N-dealkylation sites (tertiary alicyclic amines) is 1. The molecular formula is C21H24N4O. The molecule has 0 N–H and O–H groups in total. The minimum atomic E-state index is 0.0162. The van der Waals surface area contributed by atoms with Gasteiger partial charge in [0.2, 0.25) is 0 Å². The van der Waals surface area contributed by atoms with Crippen LogP contribution in [0.2, 0.25) is 0 Å². The molecule has 26 heavy (non-hydrogen) atoms. The number of para-hydroxylation sites is 2. The highest BCUT2D eigenvalue weighted by Crippen LogP contribution is 2.31. The number of pyridine rings is 1. The first-order valence-electron chi connectivity index (χ1n) is 9.32. The molecule has 3 heterocycles. The van der Waals surface area contributed by atoms with Gasteiger partial charge in [-0.15, -0.1) is 0 Å². The second-order valence-electron chi connectivity index (χ2n) is 7.23. The number of nitrogens with zero attached hydrogens (tertiary/aromatic N) is 4. The van der Waals surface area contributed by atoms with E-state index >= 15 is 0 Å². The number of imidazole rings is 1. The third-order valence-corrected chi connectivity index (χ3v) is 5.10. The van der Waals surface area contributed by atoms with Crippen LogP contribution in [-0.4, -0.2) is 38.4 Å². The van der Waals surface area contributed by atoms with E-state index in [1.165, 1.54) is 5.52 Å². The quantitative estimate of drug-likeness (QED) is 0.718. The molecule has 0 spiro atoms. The molecule has 5 nitrogen and oxygen atoms in total. The van der Waals surface area contributed by atoms with Gasteiger partial charge in [0, 0.05) is 31.2 Å². The molecule has 0 unspecified atom stereocenters. The van der Waals surface area contributed by atoms with Gasteiger partial charge in [0.15, 0.2) is 0 Å². The van der Waals surface area contributed by atoms with Crippen molar-refractivity contribution in [3.8, 4) is 0 Å². The molecule has 1 atom stereocenters. The summed E-state index contributed by atoms with van der Waals surface area (Å²) in [6.45, 7) is 5.87. The van der Waals surface area contributed by atoms with Gasteiger partial charge in [-0.2, -0.15) is 0 Å². The molecule has 134 valence electrons. The van der Waals surface area contributed by atoms with Crippen molar-refractivity contribution in [3.63, 3.8) is 0 Å². The zero-order valence-corrected chi connectivity index (χ0v) is 15.3. The average Bonchev–Trinajstić information content (AvgIpc) is 3.08. The Morgan fingerprint density at radius 3 is 2.73 bits per heavy atom. The maximum atomic E-state index is 12.8.